The monoisotopic (exact) mass is 462 g/mol. The van der Waals surface area contributed by atoms with Gasteiger partial charge in [0.25, 0.3) is 0 Å². The summed E-state index contributed by atoms with van der Waals surface area (Å²) in [7, 11) is 0. The first-order chi connectivity index (χ1) is 13.5. The zero-order chi connectivity index (χ0) is 21.1. The first kappa shape index (κ1) is 20.2. The number of likely N-dealkylation sites (tertiary alicyclic amines) is 1. The summed E-state index contributed by atoms with van der Waals surface area (Å²) in [5.74, 6) is 1.17. The number of pyridine rings is 1. The van der Waals surface area contributed by atoms with Crippen molar-refractivity contribution in [3.8, 4) is 0 Å². The third-order valence-electron chi connectivity index (χ3n) is 5.65. The quantitative estimate of drug-likeness (QED) is 0.756. The molecule has 1 saturated carbocycles. The number of fused-ring (bicyclic) bond motifs is 2. The average molecular weight is 463 g/mol. The molecule has 1 N–H and O–H groups in total. The van der Waals surface area contributed by atoms with Crippen LogP contribution in [-0.2, 0) is 15.1 Å². The van der Waals surface area contributed by atoms with Crippen molar-refractivity contribution in [3.63, 3.8) is 0 Å². The van der Waals surface area contributed by atoms with Gasteiger partial charge in [-0.15, -0.1) is 0 Å². The summed E-state index contributed by atoms with van der Waals surface area (Å²) in [6, 6.07) is 5.88. The van der Waals surface area contributed by atoms with Crippen molar-refractivity contribution < 1.29 is 14.3 Å². The first-order valence-corrected chi connectivity index (χ1v) is 10.7. The molecular formula is C21H27BrN4O3. The molecule has 2 fully saturated rings. The van der Waals surface area contributed by atoms with Gasteiger partial charge in [0.15, 0.2) is 0 Å². The molecule has 3 heterocycles. The van der Waals surface area contributed by atoms with Gasteiger partial charge in [0.05, 0.1) is 11.1 Å². The molecule has 0 bridgehead atoms. The number of imidazole rings is 1. The van der Waals surface area contributed by atoms with Crippen molar-refractivity contribution >= 4 is 33.4 Å². The SMILES string of the molecule is CC(C)(C)OC(=O)N1CC2C(C1)C2C(=O)NC(C)(C)c1nc(Br)c2ccccn12. The highest BCUT2D eigenvalue weighted by molar-refractivity contribution is 9.10. The van der Waals surface area contributed by atoms with Crippen molar-refractivity contribution in [2.75, 3.05) is 13.1 Å². The Hall–Kier alpha value is -2.09. The fourth-order valence-corrected chi connectivity index (χ4v) is 4.77. The second-order valence-electron chi connectivity index (χ2n) is 9.54. The molecule has 1 aliphatic heterocycles. The number of carbonyl (C=O) groups excluding carboxylic acids is 2. The van der Waals surface area contributed by atoms with Crippen LogP contribution in [0.25, 0.3) is 5.52 Å². The molecule has 2 unspecified atom stereocenters. The Morgan fingerprint density at radius 1 is 1.17 bits per heavy atom. The molecule has 2 amide bonds. The van der Waals surface area contributed by atoms with Gasteiger partial charge in [-0.05, 0) is 74.5 Å². The van der Waals surface area contributed by atoms with Crippen LogP contribution in [0.2, 0.25) is 0 Å². The number of carbonyl (C=O) groups is 2. The molecule has 29 heavy (non-hydrogen) atoms. The van der Waals surface area contributed by atoms with Gasteiger partial charge in [0.1, 0.15) is 16.0 Å². The maximum absolute atomic E-state index is 13.0. The number of amides is 2. The molecule has 1 saturated heterocycles. The van der Waals surface area contributed by atoms with E-state index in [0.29, 0.717) is 13.1 Å². The summed E-state index contributed by atoms with van der Waals surface area (Å²) in [5.41, 5.74) is -0.178. The predicted octanol–water partition coefficient (Wildman–Crippen LogP) is 3.56. The molecule has 7 nitrogen and oxygen atoms in total. The minimum absolute atomic E-state index is 0.0256. The van der Waals surface area contributed by atoms with Crippen LogP contribution >= 0.6 is 15.9 Å². The number of ether oxygens (including phenoxy) is 1. The predicted molar refractivity (Wildman–Crippen MR) is 112 cm³/mol. The highest BCUT2D eigenvalue weighted by Crippen LogP contribution is 2.52. The zero-order valence-corrected chi connectivity index (χ0v) is 19.0. The van der Waals surface area contributed by atoms with Crippen LogP contribution in [0.3, 0.4) is 0 Å². The van der Waals surface area contributed by atoms with Crippen molar-refractivity contribution in [1.29, 1.82) is 0 Å². The standard InChI is InChI=1S/C21H27BrN4O3/c1-20(2,3)29-19(28)25-10-12-13(11-25)15(12)17(27)24-21(4,5)18-23-16(22)14-8-6-7-9-26(14)18/h6-9,12-13,15H,10-11H2,1-5H3,(H,24,27). The molecule has 156 valence electrons. The third-order valence-corrected chi connectivity index (χ3v) is 6.23. The molecule has 0 spiro atoms. The molecule has 0 aromatic carbocycles. The first-order valence-electron chi connectivity index (χ1n) is 9.91. The number of hydrogen-bond acceptors (Lipinski definition) is 4. The van der Waals surface area contributed by atoms with Crippen LogP contribution in [0.15, 0.2) is 29.0 Å². The maximum Gasteiger partial charge on any atom is 0.410 e. The Morgan fingerprint density at radius 3 is 2.45 bits per heavy atom. The van der Waals surface area contributed by atoms with E-state index in [9.17, 15) is 9.59 Å². The fourth-order valence-electron chi connectivity index (χ4n) is 4.28. The Labute approximate surface area is 178 Å². The minimum atomic E-state index is -0.630. The lowest BCUT2D eigenvalue weighted by atomic mass is 10.0. The molecule has 4 rings (SSSR count). The van der Waals surface area contributed by atoms with Gasteiger partial charge in [0.2, 0.25) is 5.91 Å². The Balaban J connectivity index is 1.41. The number of nitrogens with zero attached hydrogens (tertiary/aromatic N) is 3. The second-order valence-corrected chi connectivity index (χ2v) is 10.3. The lowest BCUT2D eigenvalue weighted by molar-refractivity contribution is -0.125. The van der Waals surface area contributed by atoms with Gasteiger partial charge in [-0.3, -0.25) is 4.79 Å². The summed E-state index contributed by atoms with van der Waals surface area (Å²) >= 11 is 3.50. The molecule has 2 aromatic heterocycles. The highest BCUT2D eigenvalue weighted by Gasteiger charge is 2.61. The lowest BCUT2D eigenvalue weighted by Gasteiger charge is -2.27. The molecule has 2 atom stereocenters. The summed E-state index contributed by atoms with van der Waals surface area (Å²) in [6.07, 6.45) is 1.65. The summed E-state index contributed by atoms with van der Waals surface area (Å²) in [4.78, 5) is 31.5. The van der Waals surface area contributed by atoms with E-state index in [1.54, 1.807) is 4.90 Å². The summed E-state index contributed by atoms with van der Waals surface area (Å²) in [6.45, 7) is 10.7. The number of halogens is 1. The van der Waals surface area contributed by atoms with Crippen molar-refractivity contribution in [3.05, 3.63) is 34.8 Å². The average Bonchev–Trinajstić information content (AvgIpc) is 2.95. The van der Waals surface area contributed by atoms with Crippen LogP contribution in [-0.4, -0.2) is 45.0 Å². The van der Waals surface area contributed by atoms with E-state index in [0.717, 1.165) is 15.9 Å². The summed E-state index contributed by atoms with van der Waals surface area (Å²) in [5, 5.41) is 3.17. The number of rotatable bonds is 3. The molecule has 2 aliphatic rings. The molecule has 0 radical (unpaired) electrons. The van der Waals surface area contributed by atoms with E-state index in [-0.39, 0.29) is 29.8 Å². The summed E-state index contributed by atoms with van der Waals surface area (Å²) < 4.78 is 8.18. The van der Waals surface area contributed by atoms with E-state index < -0.39 is 11.1 Å². The lowest BCUT2D eigenvalue weighted by Crippen LogP contribution is -2.45. The van der Waals surface area contributed by atoms with E-state index in [4.69, 9.17) is 4.74 Å². The van der Waals surface area contributed by atoms with E-state index in [2.05, 4.69) is 26.2 Å². The highest BCUT2D eigenvalue weighted by atomic mass is 79.9. The van der Waals surface area contributed by atoms with Gasteiger partial charge in [-0.25, -0.2) is 9.78 Å². The fraction of sp³-hybridized carbons (Fsp3) is 0.571. The number of piperidine rings is 1. The van der Waals surface area contributed by atoms with Crippen LogP contribution in [0.1, 0.15) is 40.4 Å². The smallest absolute Gasteiger partial charge is 0.410 e. The Kier molecular flexibility index (Phi) is 4.68. The molecule has 2 aromatic rings. The van der Waals surface area contributed by atoms with E-state index in [1.807, 2.05) is 63.4 Å². The molecule has 8 heteroatoms. The van der Waals surface area contributed by atoms with Crippen LogP contribution in [0.4, 0.5) is 4.79 Å². The molecule has 1 aliphatic carbocycles. The number of hydrogen-bond donors (Lipinski definition) is 1. The van der Waals surface area contributed by atoms with Crippen molar-refractivity contribution in [2.24, 2.45) is 17.8 Å². The van der Waals surface area contributed by atoms with Gasteiger partial charge in [0, 0.05) is 25.2 Å². The Morgan fingerprint density at radius 2 is 1.83 bits per heavy atom. The largest absolute Gasteiger partial charge is 0.444 e. The zero-order valence-electron chi connectivity index (χ0n) is 17.4. The van der Waals surface area contributed by atoms with Gasteiger partial charge in [-0.2, -0.15) is 0 Å². The van der Waals surface area contributed by atoms with Gasteiger partial charge >= 0.3 is 6.09 Å². The van der Waals surface area contributed by atoms with Crippen LogP contribution in [0.5, 0.6) is 0 Å². The Bertz CT molecular complexity index is 966. The maximum atomic E-state index is 13.0. The normalized spacial score (nSPS) is 23.8. The number of aromatic nitrogens is 2. The van der Waals surface area contributed by atoms with Gasteiger partial charge in [-0.1, -0.05) is 6.07 Å². The van der Waals surface area contributed by atoms with Crippen molar-refractivity contribution in [2.45, 2.75) is 45.8 Å². The number of nitrogens with one attached hydrogen (secondary N) is 1. The molecular weight excluding hydrogens is 436 g/mol. The second kappa shape index (κ2) is 6.72. The topological polar surface area (TPSA) is 75.9 Å². The van der Waals surface area contributed by atoms with Gasteiger partial charge < -0.3 is 19.4 Å². The van der Waals surface area contributed by atoms with E-state index >= 15 is 0 Å². The third kappa shape index (κ3) is 3.74. The van der Waals surface area contributed by atoms with E-state index in [1.165, 1.54) is 0 Å². The van der Waals surface area contributed by atoms with Crippen molar-refractivity contribution in [1.82, 2.24) is 19.6 Å². The minimum Gasteiger partial charge on any atom is -0.444 e. The van der Waals surface area contributed by atoms with Crippen LogP contribution in [0, 0.1) is 17.8 Å². The van der Waals surface area contributed by atoms with Crippen LogP contribution < -0.4 is 5.32 Å².